The number of hydrogen-bond acceptors (Lipinski definition) is 4. The highest BCUT2D eigenvalue weighted by Crippen LogP contribution is 2.35. The van der Waals surface area contributed by atoms with Crippen LogP contribution in [0.15, 0.2) is 18.2 Å². The number of ether oxygens (including phenoxy) is 2. The summed E-state index contributed by atoms with van der Waals surface area (Å²) < 4.78 is 11.1. The van der Waals surface area contributed by atoms with E-state index in [4.69, 9.17) is 9.47 Å². The molecule has 2 heterocycles. The number of fused-ring (bicyclic) bond motifs is 1. The smallest absolute Gasteiger partial charge is 0.325 e. The first-order valence-corrected chi connectivity index (χ1v) is 9.93. The molecule has 0 spiro atoms. The van der Waals surface area contributed by atoms with Crippen LogP contribution in [0.3, 0.4) is 0 Å². The lowest BCUT2D eigenvalue weighted by atomic mass is 9.89. The van der Waals surface area contributed by atoms with Crippen LogP contribution in [0, 0.1) is 5.92 Å². The highest BCUT2D eigenvalue weighted by Gasteiger charge is 2.31. The first-order valence-electron chi connectivity index (χ1n) is 9.93. The summed E-state index contributed by atoms with van der Waals surface area (Å²) in [4.78, 5) is 28.3. The van der Waals surface area contributed by atoms with Gasteiger partial charge in [-0.05, 0) is 30.9 Å². The highest BCUT2D eigenvalue weighted by atomic mass is 16.6. The molecule has 27 heavy (non-hydrogen) atoms. The molecule has 0 radical (unpaired) electrons. The first-order chi connectivity index (χ1) is 13.2. The molecule has 0 unspecified atom stereocenters. The molecule has 2 fully saturated rings. The van der Waals surface area contributed by atoms with Crippen molar-refractivity contribution in [3.63, 3.8) is 0 Å². The normalized spacial score (nSPS) is 20.1. The number of nitrogens with zero attached hydrogens (tertiary/aromatic N) is 2. The van der Waals surface area contributed by atoms with E-state index < -0.39 is 0 Å². The number of anilines is 1. The molecule has 4 rings (SSSR count). The average Bonchev–Trinajstić information content (AvgIpc) is 3.07. The Morgan fingerprint density at radius 1 is 1.07 bits per heavy atom. The van der Waals surface area contributed by atoms with E-state index in [1.807, 2.05) is 18.2 Å². The maximum Gasteiger partial charge on any atom is 0.325 e. The van der Waals surface area contributed by atoms with E-state index in [9.17, 15) is 9.59 Å². The molecule has 1 aromatic rings. The van der Waals surface area contributed by atoms with Gasteiger partial charge < -0.3 is 19.7 Å². The van der Waals surface area contributed by atoms with Crippen LogP contribution in [0.25, 0.3) is 0 Å². The molecule has 1 aromatic carbocycles. The van der Waals surface area contributed by atoms with Gasteiger partial charge in [0.25, 0.3) is 0 Å². The summed E-state index contributed by atoms with van der Waals surface area (Å²) in [6.45, 7) is 3.01. The lowest BCUT2D eigenvalue weighted by molar-refractivity contribution is -0.121. The van der Waals surface area contributed by atoms with E-state index in [-0.39, 0.29) is 18.5 Å². The summed E-state index contributed by atoms with van der Waals surface area (Å²) in [5.74, 6) is 1.88. The van der Waals surface area contributed by atoms with Crippen LogP contribution >= 0.6 is 0 Å². The summed E-state index contributed by atoms with van der Waals surface area (Å²) in [6, 6.07) is 5.38. The monoisotopic (exact) mass is 373 g/mol. The average molecular weight is 373 g/mol. The van der Waals surface area contributed by atoms with E-state index in [0.29, 0.717) is 43.7 Å². The van der Waals surface area contributed by atoms with Gasteiger partial charge in [0.15, 0.2) is 11.5 Å². The number of carbonyl (C=O) groups is 2. The van der Waals surface area contributed by atoms with Crippen molar-refractivity contribution in [3.8, 4) is 11.5 Å². The number of urea groups is 1. The Kier molecular flexibility index (Phi) is 5.36. The molecule has 3 aliphatic rings. The minimum Gasteiger partial charge on any atom is -0.486 e. The van der Waals surface area contributed by atoms with Crippen molar-refractivity contribution in [2.75, 3.05) is 44.3 Å². The van der Waals surface area contributed by atoms with E-state index in [0.717, 1.165) is 12.2 Å². The third-order valence-electron chi connectivity index (χ3n) is 5.58. The van der Waals surface area contributed by atoms with Crippen molar-refractivity contribution < 1.29 is 19.1 Å². The van der Waals surface area contributed by atoms with Gasteiger partial charge in [0, 0.05) is 31.4 Å². The SMILES string of the molecule is O=C(CN1CCN(c2ccc3c(c2)OCCO3)C1=O)NCC1CCCCC1. The van der Waals surface area contributed by atoms with Crippen LogP contribution in [0.5, 0.6) is 11.5 Å². The van der Waals surface area contributed by atoms with Crippen LogP contribution in [-0.4, -0.2) is 56.2 Å². The zero-order chi connectivity index (χ0) is 18.6. The lowest BCUT2D eigenvalue weighted by Crippen LogP contribution is -2.41. The first kappa shape index (κ1) is 17.9. The third kappa shape index (κ3) is 4.12. The Bertz CT molecular complexity index is 702. The molecular weight excluding hydrogens is 346 g/mol. The van der Waals surface area contributed by atoms with E-state index in [1.165, 1.54) is 32.1 Å². The number of benzene rings is 1. The molecule has 7 nitrogen and oxygen atoms in total. The van der Waals surface area contributed by atoms with Crippen molar-refractivity contribution in [1.82, 2.24) is 10.2 Å². The molecule has 0 bridgehead atoms. The highest BCUT2D eigenvalue weighted by molar-refractivity contribution is 5.96. The summed E-state index contributed by atoms with van der Waals surface area (Å²) in [7, 11) is 0. The Labute approximate surface area is 159 Å². The van der Waals surface area contributed by atoms with Crippen molar-refractivity contribution >= 4 is 17.6 Å². The van der Waals surface area contributed by atoms with E-state index >= 15 is 0 Å². The molecule has 7 heteroatoms. The van der Waals surface area contributed by atoms with Gasteiger partial charge in [-0.3, -0.25) is 9.69 Å². The van der Waals surface area contributed by atoms with Crippen molar-refractivity contribution in [1.29, 1.82) is 0 Å². The molecule has 0 aromatic heterocycles. The predicted molar refractivity (Wildman–Crippen MR) is 101 cm³/mol. The number of hydrogen-bond donors (Lipinski definition) is 1. The second-order valence-electron chi connectivity index (χ2n) is 7.49. The van der Waals surface area contributed by atoms with Crippen LogP contribution < -0.4 is 19.7 Å². The summed E-state index contributed by atoms with van der Waals surface area (Å²) >= 11 is 0. The minimum absolute atomic E-state index is 0.0713. The molecule has 3 amide bonds. The fraction of sp³-hybridized carbons (Fsp3) is 0.600. The molecule has 0 atom stereocenters. The van der Waals surface area contributed by atoms with Crippen LogP contribution in [0.1, 0.15) is 32.1 Å². The van der Waals surface area contributed by atoms with Gasteiger partial charge >= 0.3 is 6.03 Å². The van der Waals surface area contributed by atoms with Gasteiger partial charge in [-0.15, -0.1) is 0 Å². The number of carbonyl (C=O) groups excluding carboxylic acids is 2. The second kappa shape index (κ2) is 8.06. The van der Waals surface area contributed by atoms with Crippen LogP contribution in [-0.2, 0) is 4.79 Å². The number of nitrogens with one attached hydrogen (secondary N) is 1. The zero-order valence-electron chi connectivity index (χ0n) is 15.6. The Morgan fingerprint density at radius 2 is 1.85 bits per heavy atom. The van der Waals surface area contributed by atoms with Gasteiger partial charge in [0.1, 0.15) is 19.8 Å². The van der Waals surface area contributed by atoms with Gasteiger partial charge in [0.2, 0.25) is 5.91 Å². The fourth-order valence-corrected chi connectivity index (χ4v) is 4.05. The van der Waals surface area contributed by atoms with Crippen LogP contribution in [0.4, 0.5) is 10.5 Å². The minimum atomic E-state index is -0.139. The zero-order valence-corrected chi connectivity index (χ0v) is 15.6. The lowest BCUT2D eigenvalue weighted by Gasteiger charge is -2.23. The molecule has 2 aliphatic heterocycles. The summed E-state index contributed by atoms with van der Waals surface area (Å²) in [5.41, 5.74) is 0.773. The van der Waals surface area contributed by atoms with Gasteiger partial charge in [-0.25, -0.2) is 4.79 Å². The third-order valence-corrected chi connectivity index (χ3v) is 5.58. The topological polar surface area (TPSA) is 71.1 Å². The van der Waals surface area contributed by atoms with Crippen LogP contribution in [0.2, 0.25) is 0 Å². The second-order valence-corrected chi connectivity index (χ2v) is 7.49. The Hall–Kier alpha value is -2.44. The van der Waals surface area contributed by atoms with Crippen molar-refractivity contribution in [2.45, 2.75) is 32.1 Å². The van der Waals surface area contributed by atoms with Gasteiger partial charge in [0.05, 0.1) is 0 Å². The van der Waals surface area contributed by atoms with Gasteiger partial charge in [-0.2, -0.15) is 0 Å². The Morgan fingerprint density at radius 3 is 2.67 bits per heavy atom. The molecule has 1 saturated heterocycles. The molecule has 1 N–H and O–H groups in total. The number of amides is 3. The van der Waals surface area contributed by atoms with E-state index in [2.05, 4.69) is 5.32 Å². The predicted octanol–water partition coefficient (Wildman–Crippen LogP) is 2.40. The molecular formula is C20H27N3O4. The molecule has 1 aliphatic carbocycles. The van der Waals surface area contributed by atoms with Crippen molar-refractivity contribution in [2.24, 2.45) is 5.92 Å². The standard InChI is InChI=1S/C20H27N3O4/c24-19(21-13-15-4-2-1-3-5-15)14-22-8-9-23(20(22)25)16-6-7-17-18(12-16)27-11-10-26-17/h6-7,12,15H,1-5,8-11,13-14H2,(H,21,24). The van der Waals surface area contributed by atoms with E-state index in [1.54, 1.807) is 9.80 Å². The number of rotatable bonds is 5. The summed E-state index contributed by atoms with van der Waals surface area (Å²) in [5, 5.41) is 3.01. The maximum absolute atomic E-state index is 12.7. The molecule has 146 valence electrons. The van der Waals surface area contributed by atoms with Gasteiger partial charge in [-0.1, -0.05) is 19.3 Å². The summed E-state index contributed by atoms with van der Waals surface area (Å²) in [6.07, 6.45) is 6.22. The largest absolute Gasteiger partial charge is 0.486 e. The quantitative estimate of drug-likeness (QED) is 0.860. The maximum atomic E-state index is 12.7. The Balaban J connectivity index is 1.31. The fourth-order valence-electron chi connectivity index (χ4n) is 4.05. The van der Waals surface area contributed by atoms with Crippen molar-refractivity contribution in [3.05, 3.63) is 18.2 Å². The molecule has 1 saturated carbocycles.